The Morgan fingerprint density at radius 1 is 1.35 bits per heavy atom. The number of hydrogen-bond donors (Lipinski definition) is 2. The van der Waals surface area contributed by atoms with E-state index in [1.807, 2.05) is 30.5 Å². The summed E-state index contributed by atoms with van der Waals surface area (Å²) in [7, 11) is 0. The van der Waals surface area contributed by atoms with Gasteiger partial charge in [-0.05, 0) is 50.1 Å². The summed E-state index contributed by atoms with van der Waals surface area (Å²) in [6.07, 6.45) is 6.06. The van der Waals surface area contributed by atoms with E-state index in [2.05, 4.69) is 17.2 Å². The van der Waals surface area contributed by atoms with Crippen LogP contribution in [0.5, 0.6) is 0 Å². The molecule has 1 aliphatic heterocycles. The second-order valence-corrected chi connectivity index (χ2v) is 5.92. The van der Waals surface area contributed by atoms with Crippen molar-refractivity contribution >= 4 is 16.7 Å². The number of aromatic nitrogens is 1. The molecule has 3 rings (SSSR count). The first-order valence-electron chi connectivity index (χ1n) is 7.58. The number of aromatic amines is 1. The SMILES string of the molecule is CCCC1(C(=O)c2ccc3[nH]ccc3c2)CCCNC1. The highest BCUT2D eigenvalue weighted by Crippen LogP contribution is 2.35. The highest BCUT2D eigenvalue weighted by atomic mass is 16.1. The van der Waals surface area contributed by atoms with Crippen LogP contribution >= 0.6 is 0 Å². The molecule has 0 bridgehead atoms. The summed E-state index contributed by atoms with van der Waals surface area (Å²) < 4.78 is 0. The van der Waals surface area contributed by atoms with Crippen LogP contribution in [0.15, 0.2) is 30.5 Å². The predicted molar refractivity (Wildman–Crippen MR) is 82.1 cm³/mol. The summed E-state index contributed by atoms with van der Waals surface area (Å²) in [5.74, 6) is 0.314. The first kappa shape index (κ1) is 13.4. The van der Waals surface area contributed by atoms with E-state index < -0.39 is 0 Å². The monoisotopic (exact) mass is 270 g/mol. The van der Waals surface area contributed by atoms with Gasteiger partial charge in [-0.1, -0.05) is 13.3 Å². The maximum absolute atomic E-state index is 13.0. The Morgan fingerprint density at radius 3 is 3.00 bits per heavy atom. The summed E-state index contributed by atoms with van der Waals surface area (Å²) in [4.78, 5) is 16.2. The molecule has 3 heteroatoms. The zero-order valence-electron chi connectivity index (χ0n) is 12.0. The van der Waals surface area contributed by atoms with E-state index in [4.69, 9.17) is 0 Å². The molecule has 1 saturated heterocycles. The van der Waals surface area contributed by atoms with Gasteiger partial charge in [-0.3, -0.25) is 4.79 Å². The molecule has 2 heterocycles. The van der Waals surface area contributed by atoms with Crippen LogP contribution in [0.3, 0.4) is 0 Å². The molecule has 0 amide bonds. The Hall–Kier alpha value is -1.61. The van der Waals surface area contributed by atoms with E-state index in [9.17, 15) is 4.79 Å². The van der Waals surface area contributed by atoms with Crippen LogP contribution in [0.2, 0.25) is 0 Å². The Bertz CT molecular complexity index is 603. The van der Waals surface area contributed by atoms with Crippen molar-refractivity contribution < 1.29 is 4.79 Å². The number of carbonyl (C=O) groups is 1. The van der Waals surface area contributed by atoms with E-state index in [0.717, 1.165) is 55.2 Å². The summed E-state index contributed by atoms with van der Waals surface area (Å²) in [5, 5.41) is 4.53. The predicted octanol–water partition coefficient (Wildman–Crippen LogP) is 3.52. The lowest BCUT2D eigenvalue weighted by Crippen LogP contribution is -2.45. The first-order chi connectivity index (χ1) is 9.75. The zero-order valence-corrected chi connectivity index (χ0v) is 12.0. The second-order valence-electron chi connectivity index (χ2n) is 5.92. The number of hydrogen-bond acceptors (Lipinski definition) is 2. The van der Waals surface area contributed by atoms with Crippen molar-refractivity contribution in [1.29, 1.82) is 0 Å². The van der Waals surface area contributed by atoms with E-state index in [1.165, 1.54) is 0 Å². The minimum atomic E-state index is -0.197. The summed E-state index contributed by atoms with van der Waals surface area (Å²) >= 11 is 0. The summed E-state index contributed by atoms with van der Waals surface area (Å²) in [6.45, 7) is 4.03. The van der Waals surface area contributed by atoms with Gasteiger partial charge in [0.2, 0.25) is 0 Å². The highest BCUT2D eigenvalue weighted by molar-refractivity contribution is 6.03. The number of H-pyrrole nitrogens is 1. The van der Waals surface area contributed by atoms with Gasteiger partial charge in [0, 0.05) is 34.6 Å². The maximum atomic E-state index is 13.0. The van der Waals surface area contributed by atoms with Gasteiger partial charge in [-0.2, -0.15) is 0 Å². The number of nitrogens with one attached hydrogen (secondary N) is 2. The van der Waals surface area contributed by atoms with E-state index in [1.54, 1.807) is 0 Å². The van der Waals surface area contributed by atoms with Crippen molar-refractivity contribution in [3.05, 3.63) is 36.0 Å². The average molecular weight is 270 g/mol. The molecule has 1 fully saturated rings. The van der Waals surface area contributed by atoms with Gasteiger partial charge in [0.15, 0.2) is 5.78 Å². The number of fused-ring (bicyclic) bond motifs is 1. The Kier molecular flexibility index (Phi) is 3.62. The molecule has 0 aliphatic carbocycles. The van der Waals surface area contributed by atoms with Gasteiger partial charge in [-0.15, -0.1) is 0 Å². The van der Waals surface area contributed by atoms with Crippen molar-refractivity contribution in [3.8, 4) is 0 Å². The minimum absolute atomic E-state index is 0.197. The van der Waals surface area contributed by atoms with Gasteiger partial charge >= 0.3 is 0 Å². The lowest BCUT2D eigenvalue weighted by atomic mass is 9.71. The van der Waals surface area contributed by atoms with E-state index >= 15 is 0 Å². The van der Waals surface area contributed by atoms with Crippen LogP contribution in [0, 0.1) is 5.41 Å². The molecular formula is C17H22N2O. The van der Waals surface area contributed by atoms with Crippen molar-refractivity contribution in [1.82, 2.24) is 10.3 Å². The van der Waals surface area contributed by atoms with Gasteiger partial charge in [0.25, 0.3) is 0 Å². The van der Waals surface area contributed by atoms with Gasteiger partial charge in [0.1, 0.15) is 0 Å². The standard InChI is InChI=1S/C17H22N2O/c1-2-7-17(8-3-9-18-12-17)16(20)14-4-5-15-13(11-14)6-10-19-15/h4-6,10-11,18-19H,2-3,7-9,12H2,1H3. The van der Waals surface area contributed by atoms with Crippen LogP contribution in [-0.4, -0.2) is 23.9 Å². The third-order valence-electron chi connectivity index (χ3n) is 4.50. The molecule has 106 valence electrons. The lowest BCUT2D eigenvalue weighted by molar-refractivity contribution is 0.0718. The van der Waals surface area contributed by atoms with Crippen LogP contribution in [0.1, 0.15) is 43.0 Å². The molecule has 3 nitrogen and oxygen atoms in total. The molecule has 2 N–H and O–H groups in total. The number of Topliss-reactive ketones (excluding diaryl/α,β-unsaturated/α-hetero) is 1. The van der Waals surface area contributed by atoms with Gasteiger partial charge < -0.3 is 10.3 Å². The smallest absolute Gasteiger partial charge is 0.170 e. The second kappa shape index (κ2) is 5.41. The zero-order chi connectivity index (χ0) is 14.0. The Morgan fingerprint density at radius 2 is 2.25 bits per heavy atom. The van der Waals surface area contributed by atoms with Crippen molar-refractivity contribution in [2.45, 2.75) is 32.6 Å². The van der Waals surface area contributed by atoms with Crippen LogP contribution in [0.25, 0.3) is 10.9 Å². The molecule has 0 spiro atoms. The number of benzene rings is 1. The highest BCUT2D eigenvalue weighted by Gasteiger charge is 2.38. The summed E-state index contributed by atoms with van der Waals surface area (Å²) in [6, 6.07) is 8.03. The fraction of sp³-hybridized carbons (Fsp3) is 0.471. The molecular weight excluding hydrogens is 248 g/mol. The fourth-order valence-electron chi connectivity index (χ4n) is 3.47. The maximum Gasteiger partial charge on any atom is 0.170 e. The molecule has 1 aromatic heterocycles. The molecule has 2 aromatic rings. The van der Waals surface area contributed by atoms with E-state index in [-0.39, 0.29) is 5.41 Å². The molecule has 1 atom stereocenters. The molecule has 1 aromatic carbocycles. The normalized spacial score (nSPS) is 23.1. The van der Waals surface area contributed by atoms with Crippen LogP contribution < -0.4 is 5.32 Å². The quantitative estimate of drug-likeness (QED) is 0.835. The van der Waals surface area contributed by atoms with Crippen LogP contribution in [-0.2, 0) is 0 Å². The van der Waals surface area contributed by atoms with Crippen LogP contribution in [0.4, 0.5) is 0 Å². The fourth-order valence-corrected chi connectivity index (χ4v) is 3.47. The molecule has 1 aliphatic rings. The van der Waals surface area contributed by atoms with E-state index in [0.29, 0.717) is 5.78 Å². The Labute approximate surface area is 119 Å². The topological polar surface area (TPSA) is 44.9 Å². The minimum Gasteiger partial charge on any atom is -0.361 e. The van der Waals surface area contributed by atoms with Gasteiger partial charge in [0.05, 0.1) is 0 Å². The molecule has 0 saturated carbocycles. The molecule has 1 unspecified atom stereocenters. The number of piperidine rings is 1. The number of carbonyl (C=O) groups excluding carboxylic acids is 1. The van der Waals surface area contributed by atoms with Gasteiger partial charge in [-0.25, -0.2) is 0 Å². The van der Waals surface area contributed by atoms with Crippen molar-refractivity contribution in [2.24, 2.45) is 5.41 Å². The largest absolute Gasteiger partial charge is 0.361 e. The Balaban J connectivity index is 1.95. The van der Waals surface area contributed by atoms with Crippen molar-refractivity contribution in [2.75, 3.05) is 13.1 Å². The molecule has 0 radical (unpaired) electrons. The molecule has 20 heavy (non-hydrogen) atoms. The third-order valence-corrected chi connectivity index (χ3v) is 4.50. The first-order valence-corrected chi connectivity index (χ1v) is 7.58. The lowest BCUT2D eigenvalue weighted by Gasteiger charge is -2.36. The number of rotatable bonds is 4. The van der Waals surface area contributed by atoms with Crippen molar-refractivity contribution in [3.63, 3.8) is 0 Å². The average Bonchev–Trinajstić information content (AvgIpc) is 2.95. The third kappa shape index (κ3) is 2.27. The number of ketones is 1. The summed E-state index contributed by atoms with van der Waals surface area (Å²) in [5.41, 5.74) is 1.75.